The molecular formula is C14H24N2O6. The zero-order chi connectivity index (χ0) is 17.1. The van der Waals surface area contributed by atoms with Gasteiger partial charge in [0.1, 0.15) is 5.60 Å². The number of amides is 2. The van der Waals surface area contributed by atoms with Gasteiger partial charge < -0.3 is 25.2 Å². The van der Waals surface area contributed by atoms with Crippen LogP contribution < -0.4 is 5.32 Å². The molecule has 0 aromatic rings. The first kappa shape index (κ1) is 18.1. The van der Waals surface area contributed by atoms with E-state index >= 15 is 0 Å². The molecule has 1 rings (SSSR count). The summed E-state index contributed by atoms with van der Waals surface area (Å²) in [6, 6.07) is 0. The van der Waals surface area contributed by atoms with Crippen LogP contribution in [0.25, 0.3) is 0 Å². The molecule has 0 bridgehead atoms. The lowest BCUT2D eigenvalue weighted by atomic mass is 9.78. The molecule has 2 amide bonds. The van der Waals surface area contributed by atoms with Crippen LogP contribution in [0.4, 0.5) is 9.59 Å². The highest BCUT2D eigenvalue weighted by Gasteiger charge is 2.49. The van der Waals surface area contributed by atoms with Gasteiger partial charge in [-0.3, -0.25) is 4.79 Å². The number of carbonyl (C=O) groups excluding carboxylic acids is 1. The van der Waals surface area contributed by atoms with Crippen LogP contribution in [-0.4, -0.2) is 58.5 Å². The van der Waals surface area contributed by atoms with Crippen molar-refractivity contribution in [2.24, 2.45) is 11.3 Å². The highest BCUT2D eigenvalue weighted by molar-refractivity contribution is 5.77. The van der Waals surface area contributed by atoms with Crippen molar-refractivity contribution in [1.29, 1.82) is 0 Å². The number of hydrogen-bond acceptors (Lipinski definition) is 4. The number of carboxylic acid groups (broad SMARTS) is 2. The summed E-state index contributed by atoms with van der Waals surface area (Å²) in [5.41, 5.74) is -1.75. The zero-order valence-electron chi connectivity index (χ0n) is 13.4. The van der Waals surface area contributed by atoms with Crippen LogP contribution in [-0.2, 0) is 9.53 Å². The van der Waals surface area contributed by atoms with Crippen molar-refractivity contribution in [2.45, 2.75) is 39.7 Å². The predicted octanol–water partition coefficient (Wildman–Crippen LogP) is 1.60. The molecule has 2 atom stereocenters. The van der Waals surface area contributed by atoms with Crippen LogP contribution in [0.5, 0.6) is 0 Å². The topological polar surface area (TPSA) is 116 Å². The van der Waals surface area contributed by atoms with Crippen LogP contribution in [0.2, 0.25) is 0 Å². The third-order valence-electron chi connectivity index (χ3n) is 3.78. The summed E-state index contributed by atoms with van der Waals surface area (Å²) in [6.07, 6.45) is -1.33. The van der Waals surface area contributed by atoms with E-state index in [0.717, 1.165) is 4.90 Å². The molecule has 0 radical (unpaired) electrons. The number of aliphatic carboxylic acids is 1. The van der Waals surface area contributed by atoms with Gasteiger partial charge in [0.05, 0.1) is 5.41 Å². The van der Waals surface area contributed by atoms with Gasteiger partial charge in [0.2, 0.25) is 0 Å². The van der Waals surface area contributed by atoms with Crippen molar-refractivity contribution in [3.8, 4) is 0 Å². The Bertz CT molecular complexity index is 459. The maximum atomic E-state index is 11.5. The van der Waals surface area contributed by atoms with Gasteiger partial charge in [-0.05, 0) is 40.0 Å². The summed E-state index contributed by atoms with van der Waals surface area (Å²) in [7, 11) is 0. The van der Waals surface area contributed by atoms with Crippen LogP contribution in [0, 0.1) is 11.3 Å². The van der Waals surface area contributed by atoms with Gasteiger partial charge in [0.25, 0.3) is 0 Å². The van der Waals surface area contributed by atoms with E-state index in [2.05, 4.69) is 5.32 Å². The minimum Gasteiger partial charge on any atom is -0.481 e. The second kappa shape index (κ2) is 6.41. The molecule has 8 heteroatoms. The third-order valence-corrected chi connectivity index (χ3v) is 3.78. The molecule has 22 heavy (non-hydrogen) atoms. The van der Waals surface area contributed by atoms with E-state index in [0.29, 0.717) is 6.42 Å². The molecule has 1 heterocycles. The molecule has 3 N–H and O–H groups in total. The maximum absolute atomic E-state index is 11.5. The second-order valence-electron chi connectivity index (χ2n) is 6.80. The van der Waals surface area contributed by atoms with E-state index in [1.807, 2.05) is 0 Å². The quantitative estimate of drug-likeness (QED) is 0.725. The molecular weight excluding hydrogens is 292 g/mol. The van der Waals surface area contributed by atoms with Crippen LogP contribution in [0.15, 0.2) is 0 Å². The van der Waals surface area contributed by atoms with Gasteiger partial charge in [-0.25, -0.2) is 9.59 Å². The summed E-state index contributed by atoms with van der Waals surface area (Å²) in [5, 5.41) is 21.0. The van der Waals surface area contributed by atoms with Crippen molar-refractivity contribution in [1.82, 2.24) is 10.2 Å². The zero-order valence-corrected chi connectivity index (χ0v) is 13.4. The standard InChI is InChI=1S/C14H24N2O6/c1-13(2,3)22-11(19)15-6-5-9-7-16(12(20)21)8-14(9,4)10(17)18/h9H,5-8H2,1-4H3,(H,15,19)(H,17,18)(H,20,21). The third kappa shape index (κ3) is 4.51. The minimum absolute atomic E-state index is 0.0469. The van der Waals surface area contributed by atoms with Crippen molar-refractivity contribution >= 4 is 18.2 Å². The van der Waals surface area contributed by atoms with E-state index in [4.69, 9.17) is 9.84 Å². The highest BCUT2D eigenvalue weighted by atomic mass is 16.6. The number of hydrogen-bond donors (Lipinski definition) is 3. The lowest BCUT2D eigenvalue weighted by Gasteiger charge is -2.25. The van der Waals surface area contributed by atoms with Crippen LogP contribution >= 0.6 is 0 Å². The van der Waals surface area contributed by atoms with E-state index in [1.165, 1.54) is 6.92 Å². The molecule has 0 aromatic carbocycles. The first-order chi connectivity index (χ1) is 9.95. The van der Waals surface area contributed by atoms with Crippen molar-refractivity contribution in [3.63, 3.8) is 0 Å². The predicted molar refractivity (Wildman–Crippen MR) is 77.7 cm³/mol. The Hall–Kier alpha value is -1.99. The van der Waals surface area contributed by atoms with E-state index < -0.39 is 29.2 Å². The molecule has 0 aliphatic carbocycles. The molecule has 1 aliphatic rings. The SMILES string of the molecule is CC(C)(C)OC(=O)NCCC1CN(C(=O)O)CC1(C)C(=O)O. The number of nitrogens with zero attached hydrogens (tertiary/aromatic N) is 1. The van der Waals surface area contributed by atoms with Crippen molar-refractivity contribution < 1.29 is 29.3 Å². The summed E-state index contributed by atoms with van der Waals surface area (Å²) < 4.78 is 5.09. The maximum Gasteiger partial charge on any atom is 0.407 e. The first-order valence-corrected chi connectivity index (χ1v) is 7.14. The average Bonchev–Trinajstić information content (AvgIpc) is 2.66. The van der Waals surface area contributed by atoms with Gasteiger partial charge in [-0.15, -0.1) is 0 Å². The Kier molecular flexibility index (Phi) is 5.26. The summed E-state index contributed by atoms with van der Waals surface area (Å²) >= 11 is 0. The van der Waals surface area contributed by atoms with Gasteiger partial charge in [-0.1, -0.05) is 0 Å². The normalized spacial score (nSPS) is 24.9. The Morgan fingerprint density at radius 1 is 1.32 bits per heavy atom. The molecule has 8 nitrogen and oxygen atoms in total. The molecule has 0 spiro atoms. The first-order valence-electron chi connectivity index (χ1n) is 7.14. The second-order valence-corrected chi connectivity index (χ2v) is 6.80. The van der Waals surface area contributed by atoms with Crippen LogP contribution in [0.3, 0.4) is 0 Å². The van der Waals surface area contributed by atoms with E-state index in [9.17, 15) is 19.5 Å². The number of alkyl carbamates (subject to hydrolysis) is 1. The number of carbonyl (C=O) groups is 3. The van der Waals surface area contributed by atoms with Crippen molar-refractivity contribution in [2.75, 3.05) is 19.6 Å². The van der Waals surface area contributed by atoms with Gasteiger partial charge in [0, 0.05) is 19.6 Å². The van der Waals surface area contributed by atoms with Gasteiger partial charge in [-0.2, -0.15) is 0 Å². The van der Waals surface area contributed by atoms with E-state index in [1.54, 1.807) is 20.8 Å². The lowest BCUT2D eigenvalue weighted by molar-refractivity contribution is -0.149. The fourth-order valence-corrected chi connectivity index (χ4v) is 2.52. The molecule has 2 unspecified atom stereocenters. The largest absolute Gasteiger partial charge is 0.481 e. The molecule has 1 saturated heterocycles. The Morgan fingerprint density at radius 2 is 1.91 bits per heavy atom. The molecule has 126 valence electrons. The highest BCUT2D eigenvalue weighted by Crippen LogP contribution is 2.38. The minimum atomic E-state index is -1.14. The Morgan fingerprint density at radius 3 is 2.36 bits per heavy atom. The number of rotatable bonds is 4. The lowest BCUT2D eigenvalue weighted by Crippen LogP contribution is -2.39. The number of nitrogens with one attached hydrogen (secondary N) is 1. The Balaban J connectivity index is 2.58. The van der Waals surface area contributed by atoms with Crippen molar-refractivity contribution in [3.05, 3.63) is 0 Å². The molecule has 0 saturated carbocycles. The van der Waals surface area contributed by atoms with Gasteiger partial charge in [0.15, 0.2) is 0 Å². The van der Waals surface area contributed by atoms with Gasteiger partial charge >= 0.3 is 18.2 Å². The monoisotopic (exact) mass is 316 g/mol. The number of ether oxygens (including phenoxy) is 1. The molecule has 1 aliphatic heterocycles. The summed E-state index contributed by atoms with van der Waals surface area (Å²) in [4.78, 5) is 35.1. The number of carboxylic acids is 1. The fourth-order valence-electron chi connectivity index (χ4n) is 2.52. The summed E-state index contributed by atoms with van der Waals surface area (Å²) in [5.74, 6) is -1.39. The summed E-state index contributed by atoms with van der Waals surface area (Å²) in [6.45, 7) is 7.11. The van der Waals surface area contributed by atoms with Crippen LogP contribution in [0.1, 0.15) is 34.1 Å². The smallest absolute Gasteiger partial charge is 0.407 e. The Labute approximate surface area is 129 Å². The molecule has 0 aromatic heterocycles. The number of likely N-dealkylation sites (tertiary alicyclic amines) is 1. The fraction of sp³-hybridized carbons (Fsp3) is 0.786. The average molecular weight is 316 g/mol. The molecule has 1 fully saturated rings. The van der Waals surface area contributed by atoms with E-state index in [-0.39, 0.29) is 25.6 Å².